The van der Waals surface area contributed by atoms with E-state index in [9.17, 15) is 0 Å². The molecule has 0 radical (unpaired) electrons. The second kappa shape index (κ2) is 6.42. The van der Waals surface area contributed by atoms with Crippen molar-refractivity contribution >= 4 is 17.0 Å². The second-order valence-electron chi connectivity index (χ2n) is 6.07. The van der Waals surface area contributed by atoms with E-state index in [1.807, 2.05) is 23.5 Å². The number of rotatable bonds is 6. The lowest BCUT2D eigenvalue weighted by molar-refractivity contribution is 0.271. The van der Waals surface area contributed by atoms with Gasteiger partial charge in [0.15, 0.2) is 0 Å². The third-order valence-electron chi connectivity index (χ3n) is 3.68. The van der Waals surface area contributed by atoms with Crippen LogP contribution in [0.2, 0.25) is 0 Å². The zero-order valence-corrected chi connectivity index (χ0v) is 13.4. The molecule has 0 atom stereocenters. The lowest BCUT2D eigenvalue weighted by atomic mass is 9.84. The number of nitrogens with two attached hydrogens (primary N) is 1. The maximum Gasteiger partial charge on any atom is 0.0314 e. The van der Waals surface area contributed by atoms with Gasteiger partial charge < -0.3 is 10.6 Å². The van der Waals surface area contributed by atoms with E-state index in [2.05, 4.69) is 55.4 Å². The van der Waals surface area contributed by atoms with Crippen molar-refractivity contribution < 1.29 is 0 Å². The minimum absolute atomic E-state index is 0.137. The van der Waals surface area contributed by atoms with Crippen LogP contribution in [0.3, 0.4) is 0 Å². The highest BCUT2D eigenvalue weighted by molar-refractivity contribution is 7.09. The summed E-state index contributed by atoms with van der Waals surface area (Å²) >= 11 is 1.84. The number of thiophene rings is 1. The molecule has 0 aliphatic heterocycles. The summed E-state index contributed by atoms with van der Waals surface area (Å²) in [6, 6.07) is 12.6. The highest BCUT2D eigenvalue weighted by Crippen LogP contribution is 2.25. The van der Waals surface area contributed by atoms with Gasteiger partial charge in [-0.1, -0.05) is 32.0 Å². The van der Waals surface area contributed by atoms with Gasteiger partial charge in [-0.3, -0.25) is 0 Å². The van der Waals surface area contributed by atoms with Crippen molar-refractivity contribution in [3.8, 4) is 0 Å². The average molecular weight is 288 g/mol. The molecule has 1 heterocycles. The summed E-state index contributed by atoms with van der Waals surface area (Å²) in [5, 5.41) is 2.15. The van der Waals surface area contributed by atoms with Crippen molar-refractivity contribution in [3.63, 3.8) is 0 Å². The van der Waals surface area contributed by atoms with Crippen LogP contribution >= 0.6 is 11.3 Å². The number of nitrogens with zero attached hydrogens (tertiary/aromatic N) is 1. The SMILES string of the molecule is CN(CCc1cccs1)CC(C)(C)c1ccc(N)cc1. The first-order chi connectivity index (χ1) is 9.47. The molecule has 0 unspecified atom stereocenters. The highest BCUT2D eigenvalue weighted by atomic mass is 32.1. The number of benzene rings is 1. The largest absolute Gasteiger partial charge is 0.399 e. The van der Waals surface area contributed by atoms with Gasteiger partial charge in [0, 0.05) is 29.1 Å². The summed E-state index contributed by atoms with van der Waals surface area (Å²) in [5.41, 5.74) is 8.07. The second-order valence-corrected chi connectivity index (χ2v) is 7.11. The molecule has 2 N–H and O–H groups in total. The Balaban J connectivity index is 1.91. The van der Waals surface area contributed by atoms with Gasteiger partial charge in [-0.15, -0.1) is 11.3 Å². The molecule has 0 amide bonds. The zero-order valence-electron chi connectivity index (χ0n) is 12.6. The van der Waals surface area contributed by atoms with Gasteiger partial charge >= 0.3 is 0 Å². The first-order valence-electron chi connectivity index (χ1n) is 7.04. The van der Waals surface area contributed by atoms with Crippen LogP contribution in [0.25, 0.3) is 0 Å². The Labute approximate surface area is 126 Å². The van der Waals surface area contributed by atoms with Crippen LogP contribution in [0.4, 0.5) is 5.69 Å². The molecule has 2 aromatic rings. The summed E-state index contributed by atoms with van der Waals surface area (Å²) in [6.45, 7) is 6.72. The molecule has 20 heavy (non-hydrogen) atoms. The predicted octanol–water partition coefficient (Wildman–Crippen LogP) is 3.78. The van der Waals surface area contributed by atoms with E-state index >= 15 is 0 Å². The van der Waals surface area contributed by atoms with Crippen LogP contribution in [0.15, 0.2) is 41.8 Å². The Morgan fingerprint density at radius 1 is 1.15 bits per heavy atom. The molecule has 0 fully saturated rings. The lowest BCUT2D eigenvalue weighted by Gasteiger charge is -2.31. The van der Waals surface area contributed by atoms with Crippen molar-refractivity contribution in [1.29, 1.82) is 0 Å². The molecule has 3 heteroatoms. The molecule has 2 nitrogen and oxygen atoms in total. The van der Waals surface area contributed by atoms with E-state index in [0.717, 1.165) is 25.2 Å². The number of nitrogen functional groups attached to an aromatic ring is 1. The van der Waals surface area contributed by atoms with Crippen LogP contribution in [0, 0.1) is 0 Å². The topological polar surface area (TPSA) is 29.3 Å². The molecule has 0 saturated heterocycles. The maximum absolute atomic E-state index is 5.76. The Kier molecular flexibility index (Phi) is 4.84. The molecule has 0 aliphatic carbocycles. The van der Waals surface area contributed by atoms with Gasteiger partial charge in [0.2, 0.25) is 0 Å². The minimum Gasteiger partial charge on any atom is -0.399 e. The molecular weight excluding hydrogens is 264 g/mol. The van der Waals surface area contributed by atoms with E-state index in [1.165, 1.54) is 10.4 Å². The molecule has 1 aromatic heterocycles. The standard InChI is InChI=1S/C17H24N2S/c1-17(2,14-6-8-15(18)9-7-14)13-19(3)11-10-16-5-4-12-20-16/h4-9,12H,10-11,13,18H2,1-3H3. The van der Waals surface area contributed by atoms with Crippen LogP contribution in [0.1, 0.15) is 24.3 Å². The van der Waals surface area contributed by atoms with Crippen LogP contribution in [0.5, 0.6) is 0 Å². The average Bonchev–Trinajstić information content (AvgIpc) is 2.89. The number of hydrogen-bond acceptors (Lipinski definition) is 3. The van der Waals surface area contributed by atoms with Gasteiger partial charge in [0.1, 0.15) is 0 Å². The van der Waals surface area contributed by atoms with Crippen molar-refractivity contribution in [2.24, 2.45) is 0 Å². The van der Waals surface area contributed by atoms with Gasteiger partial charge in [0.25, 0.3) is 0 Å². The van der Waals surface area contributed by atoms with Gasteiger partial charge in [-0.05, 0) is 42.6 Å². The quantitative estimate of drug-likeness (QED) is 0.820. The molecular formula is C17H24N2S. The number of anilines is 1. The normalized spacial score (nSPS) is 12.0. The maximum atomic E-state index is 5.76. The van der Waals surface area contributed by atoms with E-state index in [4.69, 9.17) is 5.73 Å². The molecule has 0 saturated carbocycles. The van der Waals surface area contributed by atoms with E-state index in [0.29, 0.717) is 0 Å². The Morgan fingerprint density at radius 3 is 2.45 bits per heavy atom. The molecule has 0 spiro atoms. The monoisotopic (exact) mass is 288 g/mol. The predicted molar refractivity (Wildman–Crippen MR) is 89.4 cm³/mol. The summed E-state index contributed by atoms with van der Waals surface area (Å²) < 4.78 is 0. The molecule has 1 aromatic carbocycles. The van der Waals surface area contributed by atoms with E-state index in [1.54, 1.807) is 0 Å². The van der Waals surface area contributed by atoms with Crippen molar-refractivity contribution in [2.75, 3.05) is 25.9 Å². The summed E-state index contributed by atoms with van der Waals surface area (Å²) in [5.74, 6) is 0. The van der Waals surface area contributed by atoms with E-state index in [-0.39, 0.29) is 5.41 Å². The van der Waals surface area contributed by atoms with Crippen LogP contribution < -0.4 is 5.73 Å². The fourth-order valence-corrected chi connectivity index (χ4v) is 3.23. The summed E-state index contributed by atoms with van der Waals surface area (Å²) in [4.78, 5) is 3.87. The van der Waals surface area contributed by atoms with E-state index < -0.39 is 0 Å². The first kappa shape index (κ1) is 15.1. The van der Waals surface area contributed by atoms with Gasteiger partial charge in [0.05, 0.1) is 0 Å². The Hall–Kier alpha value is -1.32. The smallest absolute Gasteiger partial charge is 0.0314 e. The summed E-state index contributed by atoms with van der Waals surface area (Å²) in [6.07, 6.45) is 1.13. The van der Waals surface area contributed by atoms with Gasteiger partial charge in [-0.25, -0.2) is 0 Å². The van der Waals surface area contributed by atoms with Crippen molar-refractivity contribution in [2.45, 2.75) is 25.7 Å². The summed E-state index contributed by atoms with van der Waals surface area (Å²) in [7, 11) is 2.20. The van der Waals surface area contributed by atoms with Crippen LogP contribution in [-0.4, -0.2) is 25.0 Å². The van der Waals surface area contributed by atoms with Crippen molar-refractivity contribution in [3.05, 3.63) is 52.2 Å². The molecule has 2 rings (SSSR count). The fraction of sp³-hybridized carbons (Fsp3) is 0.412. The molecule has 0 aliphatic rings. The first-order valence-corrected chi connectivity index (χ1v) is 7.92. The number of likely N-dealkylation sites (N-methyl/N-ethyl adjacent to an activating group) is 1. The lowest BCUT2D eigenvalue weighted by Crippen LogP contribution is -2.35. The highest BCUT2D eigenvalue weighted by Gasteiger charge is 2.22. The van der Waals surface area contributed by atoms with Crippen molar-refractivity contribution in [1.82, 2.24) is 4.90 Å². The Bertz CT molecular complexity index is 514. The van der Waals surface area contributed by atoms with Crippen LogP contribution in [-0.2, 0) is 11.8 Å². The molecule has 0 bridgehead atoms. The van der Waals surface area contributed by atoms with Gasteiger partial charge in [-0.2, -0.15) is 0 Å². The third kappa shape index (κ3) is 4.09. The number of hydrogen-bond donors (Lipinski definition) is 1. The Morgan fingerprint density at radius 2 is 1.85 bits per heavy atom. The third-order valence-corrected chi connectivity index (χ3v) is 4.61. The molecule has 108 valence electrons. The minimum atomic E-state index is 0.137. The fourth-order valence-electron chi connectivity index (χ4n) is 2.54. The zero-order chi connectivity index (χ0) is 14.6.